The quantitative estimate of drug-likeness (QED) is 0.656. The van der Waals surface area contributed by atoms with Crippen LogP contribution in [0.15, 0.2) is 48.5 Å². The first-order chi connectivity index (χ1) is 15.5. The highest BCUT2D eigenvalue weighted by molar-refractivity contribution is 6.32. The van der Waals surface area contributed by atoms with E-state index in [2.05, 4.69) is 29.0 Å². The summed E-state index contributed by atoms with van der Waals surface area (Å²) in [5.74, 6) is 1.29. The zero-order valence-corrected chi connectivity index (χ0v) is 19.6. The first-order valence-corrected chi connectivity index (χ1v) is 11.8. The van der Waals surface area contributed by atoms with E-state index < -0.39 is 0 Å². The van der Waals surface area contributed by atoms with Crippen molar-refractivity contribution in [3.63, 3.8) is 0 Å². The van der Waals surface area contributed by atoms with Gasteiger partial charge in [0.15, 0.2) is 0 Å². The normalized spacial score (nSPS) is 24.4. The molecule has 2 aliphatic heterocycles. The molecular weight excluding hydrogens is 426 g/mol. The molecule has 7 heteroatoms. The van der Waals surface area contributed by atoms with Crippen molar-refractivity contribution in [2.45, 2.75) is 44.9 Å². The fourth-order valence-corrected chi connectivity index (χ4v) is 4.86. The lowest BCUT2D eigenvalue weighted by molar-refractivity contribution is -0.117. The third-order valence-corrected chi connectivity index (χ3v) is 6.32. The number of para-hydroxylation sites is 1. The highest BCUT2D eigenvalue weighted by atomic mass is 35.5. The Kier molecular flexibility index (Phi) is 7.68. The summed E-state index contributed by atoms with van der Waals surface area (Å²) in [5.41, 5.74) is 0.757. The molecule has 2 heterocycles. The molecule has 0 spiro atoms. The minimum Gasteiger partial charge on any atom is -0.456 e. The molecule has 2 saturated heterocycles. The van der Waals surface area contributed by atoms with Crippen molar-refractivity contribution in [1.29, 1.82) is 0 Å². The molecule has 1 N–H and O–H groups in total. The van der Waals surface area contributed by atoms with E-state index in [-0.39, 0.29) is 18.1 Å². The van der Waals surface area contributed by atoms with Gasteiger partial charge in [0.2, 0.25) is 5.91 Å². The number of morpholine rings is 1. The monoisotopic (exact) mass is 457 g/mol. The Morgan fingerprint density at radius 2 is 1.84 bits per heavy atom. The number of anilines is 1. The zero-order valence-electron chi connectivity index (χ0n) is 18.8. The number of hydrogen-bond donors (Lipinski definition) is 1. The van der Waals surface area contributed by atoms with Crippen molar-refractivity contribution in [2.24, 2.45) is 0 Å². The molecule has 2 fully saturated rings. The molecule has 2 aromatic carbocycles. The van der Waals surface area contributed by atoms with Gasteiger partial charge in [0.05, 0.1) is 23.8 Å². The van der Waals surface area contributed by atoms with E-state index in [4.69, 9.17) is 21.1 Å². The minimum absolute atomic E-state index is 0.0142. The predicted molar refractivity (Wildman–Crippen MR) is 128 cm³/mol. The predicted octanol–water partition coefficient (Wildman–Crippen LogP) is 4.64. The Hall–Kier alpha value is -2.12. The average Bonchev–Trinajstić information content (AvgIpc) is 3.16. The van der Waals surface area contributed by atoms with E-state index >= 15 is 0 Å². The minimum atomic E-state index is 0.0142. The molecule has 3 atom stereocenters. The third-order valence-electron chi connectivity index (χ3n) is 6.01. The van der Waals surface area contributed by atoms with Crippen LogP contribution < -0.4 is 10.1 Å². The molecule has 0 saturated carbocycles. The average molecular weight is 458 g/mol. The first-order valence-electron chi connectivity index (χ1n) is 11.4. The highest BCUT2D eigenvalue weighted by Crippen LogP contribution is 2.29. The van der Waals surface area contributed by atoms with Crippen LogP contribution in [0.1, 0.15) is 26.7 Å². The molecule has 6 nitrogen and oxygen atoms in total. The van der Waals surface area contributed by atoms with Crippen LogP contribution in [-0.2, 0) is 9.53 Å². The summed E-state index contributed by atoms with van der Waals surface area (Å²) in [4.78, 5) is 17.5. The van der Waals surface area contributed by atoms with Gasteiger partial charge in [-0.15, -0.1) is 0 Å². The standard InChI is InChI=1S/C25H32ClN3O3/c1-18-14-28(15-19(2)31-18)16-21-6-5-13-29(21)17-25(30)27-20-9-11-22(12-10-20)32-24-8-4-3-7-23(24)26/h3-4,7-12,18-19,21H,5-6,13-17H2,1-2H3,(H,27,30). The zero-order chi connectivity index (χ0) is 22.5. The summed E-state index contributed by atoms with van der Waals surface area (Å²) in [7, 11) is 0. The van der Waals surface area contributed by atoms with E-state index in [9.17, 15) is 4.79 Å². The fourth-order valence-electron chi connectivity index (χ4n) is 4.69. The maximum Gasteiger partial charge on any atom is 0.238 e. The smallest absolute Gasteiger partial charge is 0.238 e. The van der Waals surface area contributed by atoms with Crippen LogP contribution in [0.4, 0.5) is 5.69 Å². The van der Waals surface area contributed by atoms with Crippen LogP contribution in [0.5, 0.6) is 11.5 Å². The van der Waals surface area contributed by atoms with Gasteiger partial charge in [-0.25, -0.2) is 0 Å². The number of amides is 1. The molecule has 3 unspecified atom stereocenters. The Bertz CT molecular complexity index is 898. The number of halogens is 1. The summed E-state index contributed by atoms with van der Waals surface area (Å²) in [6.45, 7) is 8.57. The lowest BCUT2D eigenvalue weighted by Crippen LogP contribution is -2.50. The van der Waals surface area contributed by atoms with Gasteiger partial charge in [-0.2, -0.15) is 0 Å². The van der Waals surface area contributed by atoms with Gasteiger partial charge in [0.1, 0.15) is 11.5 Å². The Labute approximate surface area is 195 Å². The molecule has 0 aromatic heterocycles. The number of hydrogen-bond acceptors (Lipinski definition) is 5. The first kappa shape index (κ1) is 23.1. The molecule has 0 bridgehead atoms. The van der Waals surface area contributed by atoms with Gasteiger partial charge in [-0.05, 0) is 69.6 Å². The van der Waals surface area contributed by atoms with Gasteiger partial charge >= 0.3 is 0 Å². The molecule has 0 aliphatic carbocycles. The van der Waals surface area contributed by atoms with Crippen LogP contribution in [0.25, 0.3) is 0 Å². The second-order valence-electron chi connectivity index (χ2n) is 8.85. The van der Waals surface area contributed by atoms with Crippen molar-refractivity contribution in [1.82, 2.24) is 9.80 Å². The Morgan fingerprint density at radius 3 is 2.56 bits per heavy atom. The molecule has 1 amide bonds. The largest absolute Gasteiger partial charge is 0.456 e. The Morgan fingerprint density at radius 1 is 1.12 bits per heavy atom. The number of ether oxygens (including phenoxy) is 2. The number of carbonyl (C=O) groups is 1. The van der Waals surface area contributed by atoms with Crippen LogP contribution >= 0.6 is 11.6 Å². The topological polar surface area (TPSA) is 54.0 Å². The van der Waals surface area contributed by atoms with Crippen LogP contribution in [0.2, 0.25) is 5.02 Å². The van der Waals surface area contributed by atoms with Gasteiger partial charge in [-0.1, -0.05) is 23.7 Å². The van der Waals surface area contributed by atoms with Crippen LogP contribution in [0, 0.1) is 0 Å². The number of carbonyl (C=O) groups excluding carboxylic acids is 1. The van der Waals surface area contributed by atoms with Crippen LogP contribution in [-0.4, -0.2) is 66.7 Å². The number of nitrogens with one attached hydrogen (secondary N) is 1. The molecular formula is C25H32ClN3O3. The number of nitrogens with zero attached hydrogens (tertiary/aromatic N) is 2. The van der Waals surface area contributed by atoms with Crippen molar-refractivity contribution < 1.29 is 14.3 Å². The van der Waals surface area contributed by atoms with Crippen LogP contribution in [0.3, 0.4) is 0 Å². The van der Waals surface area contributed by atoms with Crippen molar-refractivity contribution in [3.05, 3.63) is 53.6 Å². The molecule has 32 heavy (non-hydrogen) atoms. The van der Waals surface area contributed by atoms with Gasteiger partial charge in [0, 0.05) is 31.4 Å². The lowest BCUT2D eigenvalue weighted by atomic mass is 10.1. The third kappa shape index (κ3) is 6.23. The van der Waals surface area contributed by atoms with Gasteiger partial charge < -0.3 is 14.8 Å². The highest BCUT2D eigenvalue weighted by Gasteiger charge is 2.30. The van der Waals surface area contributed by atoms with Gasteiger partial charge in [-0.3, -0.25) is 14.6 Å². The Balaban J connectivity index is 1.28. The summed E-state index contributed by atoms with van der Waals surface area (Å²) < 4.78 is 11.7. The molecule has 172 valence electrons. The van der Waals surface area contributed by atoms with E-state index in [0.29, 0.717) is 29.1 Å². The summed E-state index contributed by atoms with van der Waals surface area (Å²) >= 11 is 6.15. The fraction of sp³-hybridized carbons (Fsp3) is 0.480. The van der Waals surface area contributed by atoms with E-state index in [1.165, 1.54) is 0 Å². The molecule has 2 aliphatic rings. The summed E-state index contributed by atoms with van der Waals surface area (Å²) in [6.07, 6.45) is 2.81. The second kappa shape index (κ2) is 10.7. The van der Waals surface area contributed by atoms with Gasteiger partial charge in [0.25, 0.3) is 0 Å². The van der Waals surface area contributed by atoms with Crippen molar-refractivity contribution >= 4 is 23.2 Å². The number of likely N-dealkylation sites (tertiary alicyclic amines) is 1. The van der Waals surface area contributed by atoms with E-state index in [1.54, 1.807) is 6.07 Å². The lowest BCUT2D eigenvalue weighted by Gasteiger charge is -2.38. The van der Waals surface area contributed by atoms with Crippen molar-refractivity contribution in [2.75, 3.05) is 38.0 Å². The van der Waals surface area contributed by atoms with Crippen molar-refractivity contribution in [3.8, 4) is 11.5 Å². The molecule has 0 radical (unpaired) electrons. The number of rotatable bonds is 7. The summed E-state index contributed by atoms with van der Waals surface area (Å²) in [6, 6.07) is 15.1. The second-order valence-corrected chi connectivity index (χ2v) is 9.25. The van der Waals surface area contributed by atoms with E-state index in [1.807, 2.05) is 42.5 Å². The summed E-state index contributed by atoms with van der Waals surface area (Å²) in [5, 5.41) is 3.57. The maximum atomic E-state index is 12.7. The molecule has 2 aromatic rings. The molecule has 4 rings (SSSR count). The SMILES string of the molecule is CC1CN(CC2CCCN2CC(=O)Nc2ccc(Oc3ccccc3Cl)cc2)CC(C)O1. The van der Waals surface area contributed by atoms with E-state index in [0.717, 1.165) is 44.7 Å². The number of benzene rings is 2. The maximum absolute atomic E-state index is 12.7.